The molecule has 0 atom stereocenters. The standard InChI is InChI=1S/C14H18N4/c1-11-16-14(9-10-15-12-7-8-12)17-18(11)13-5-3-2-4-6-13/h2-6,12,15H,7-10H2,1H3. The van der Waals surface area contributed by atoms with Gasteiger partial charge in [0.1, 0.15) is 5.82 Å². The molecule has 1 fully saturated rings. The lowest BCUT2D eigenvalue weighted by atomic mass is 10.3. The average molecular weight is 242 g/mol. The summed E-state index contributed by atoms with van der Waals surface area (Å²) >= 11 is 0. The third-order valence-corrected chi connectivity index (χ3v) is 3.17. The van der Waals surface area contributed by atoms with Gasteiger partial charge in [0.05, 0.1) is 5.69 Å². The van der Waals surface area contributed by atoms with Crippen LogP contribution in [0.1, 0.15) is 24.5 Å². The molecule has 94 valence electrons. The summed E-state index contributed by atoms with van der Waals surface area (Å²) in [6.07, 6.45) is 3.55. The van der Waals surface area contributed by atoms with E-state index in [1.165, 1.54) is 12.8 Å². The van der Waals surface area contributed by atoms with E-state index in [9.17, 15) is 0 Å². The van der Waals surface area contributed by atoms with Crippen molar-refractivity contribution in [3.05, 3.63) is 42.0 Å². The average Bonchev–Trinajstić information content (AvgIpc) is 3.13. The molecule has 1 N–H and O–H groups in total. The van der Waals surface area contributed by atoms with Crippen molar-refractivity contribution in [1.82, 2.24) is 20.1 Å². The van der Waals surface area contributed by atoms with Gasteiger partial charge < -0.3 is 5.32 Å². The first kappa shape index (κ1) is 11.4. The predicted molar refractivity (Wildman–Crippen MR) is 70.8 cm³/mol. The molecule has 1 aromatic heterocycles. The minimum atomic E-state index is 0.752. The largest absolute Gasteiger partial charge is 0.314 e. The van der Waals surface area contributed by atoms with E-state index in [1.807, 2.05) is 41.9 Å². The third-order valence-electron chi connectivity index (χ3n) is 3.17. The van der Waals surface area contributed by atoms with E-state index in [4.69, 9.17) is 0 Å². The highest BCUT2D eigenvalue weighted by Gasteiger charge is 2.20. The molecule has 0 spiro atoms. The quantitative estimate of drug-likeness (QED) is 0.870. The Morgan fingerprint density at radius 1 is 1.28 bits per heavy atom. The lowest BCUT2D eigenvalue weighted by molar-refractivity contribution is 0.664. The Kier molecular flexibility index (Phi) is 3.11. The van der Waals surface area contributed by atoms with E-state index in [-0.39, 0.29) is 0 Å². The molecule has 18 heavy (non-hydrogen) atoms. The first-order chi connectivity index (χ1) is 8.83. The van der Waals surface area contributed by atoms with Gasteiger partial charge in [0.25, 0.3) is 0 Å². The fraction of sp³-hybridized carbons (Fsp3) is 0.429. The summed E-state index contributed by atoms with van der Waals surface area (Å²) in [5, 5.41) is 8.05. The molecule has 4 nitrogen and oxygen atoms in total. The topological polar surface area (TPSA) is 42.7 Å². The number of para-hydroxylation sites is 1. The molecule has 3 rings (SSSR count). The van der Waals surface area contributed by atoms with E-state index in [0.717, 1.165) is 36.3 Å². The van der Waals surface area contributed by atoms with Crippen LogP contribution in [0.15, 0.2) is 30.3 Å². The van der Waals surface area contributed by atoms with E-state index >= 15 is 0 Å². The van der Waals surface area contributed by atoms with Crippen molar-refractivity contribution < 1.29 is 0 Å². The summed E-state index contributed by atoms with van der Waals surface area (Å²) in [7, 11) is 0. The zero-order valence-corrected chi connectivity index (χ0v) is 10.6. The zero-order chi connectivity index (χ0) is 12.4. The summed E-state index contributed by atoms with van der Waals surface area (Å²) in [6.45, 7) is 2.97. The van der Waals surface area contributed by atoms with Crippen molar-refractivity contribution in [2.75, 3.05) is 6.54 Å². The van der Waals surface area contributed by atoms with Crippen molar-refractivity contribution in [3.63, 3.8) is 0 Å². The summed E-state index contributed by atoms with van der Waals surface area (Å²) in [5.74, 6) is 1.87. The second-order valence-electron chi connectivity index (χ2n) is 4.80. The van der Waals surface area contributed by atoms with E-state index < -0.39 is 0 Å². The van der Waals surface area contributed by atoms with Crippen LogP contribution < -0.4 is 5.32 Å². The van der Waals surface area contributed by atoms with Crippen LogP contribution in [-0.2, 0) is 6.42 Å². The number of hydrogen-bond acceptors (Lipinski definition) is 3. The van der Waals surface area contributed by atoms with Crippen LogP contribution in [0.2, 0.25) is 0 Å². The van der Waals surface area contributed by atoms with Crippen LogP contribution in [0.5, 0.6) is 0 Å². The Balaban J connectivity index is 1.69. The fourth-order valence-electron chi connectivity index (χ4n) is 2.04. The highest BCUT2D eigenvalue weighted by atomic mass is 15.3. The van der Waals surface area contributed by atoms with E-state index in [2.05, 4.69) is 15.4 Å². The van der Waals surface area contributed by atoms with Gasteiger partial charge in [-0.25, -0.2) is 9.67 Å². The molecule has 0 unspecified atom stereocenters. The molecule has 1 aliphatic carbocycles. The highest BCUT2D eigenvalue weighted by Crippen LogP contribution is 2.18. The maximum Gasteiger partial charge on any atom is 0.152 e. The highest BCUT2D eigenvalue weighted by molar-refractivity contribution is 5.30. The van der Waals surface area contributed by atoms with Crippen LogP contribution in [0, 0.1) is 6.92 Å². The Labute approximate surface area is 107 Å². The fourth-order valence-corrected chi connectivity index (χ4v) is 2.04. The van der Waals surface area contributed by atoms with Gasteiger partial charge in [-0.15, -0.1) is 0 Å². The van der Waals surface area contributed by atoms with Crippen molar-refractivity contribution in [3.8, 4) is 5.69 Å². The molecule has 0 bridgehead atoms. The van der Waals surface area contributed by atoms with Crippen LogP contribution in [0.3, 0.4) is 0 Å². The third kappa shape index (κ3) is 2.59. The predicted octanol–water partition coefficient (Wildman–Crippen LogP) is 1.87. The van der Waals surface area contributed by atoms with Crippen LogP contribution in [-0.4, -0.2) is 27.4 Å². The monoisotopic (exact) mass is 242 g/mol. The SMILES string of the molecule is Cc1nc(CCNC2CC2)nn1-c1ccccc1. The zero-order valence-electron chi connectivity index (χ0n) is 10.6. The number of rotatable bonds is 5. The maximum atomic E-state index is 4.56. The first-order valence-corrected chi connectivity index (χ1v) is 6.54. The molecule has 0 radical (unpaired) electrons. The lowest BCUT2D eigenvalue weighted by Gasteiger charge is -2.01. The number of benzene rings is 1. The minimum absolute atomic E-state index is 0.752. The van der Waals surface area contributed by atoms with Gasteiger partial charge in [-0.05, 0) is 31.9 Å². The summed E-state index contributed by atoms with van der Waals surface area (Å²) in [5.41, 5.74) is 1.07. The second-order valence-corrected chi connectivity index (χ2v) is 4.80. The number of aromatic nitrogens is 3. The Morgan fingerprint density at radius 2 is 2.06 bits per heavy atom. The van der Waals surface area contributed by atoms with Gasteiger partial charge in [-0.3, -0.25) is 0 Å². The molecule has 4 heteroatoms. The molecular weight excluding hydrogens is 224 g/mol. The smallest absolute Gasteiger partial charge is 0.152 e. The summed E-state index contributed by atoms with van der Waals surface area (Å²) in [6, 6.07) is 10.9. The maximum absolute atomic E-state index is 4.56. The van der Waals surface area contributed by atoms with Gasteiger partial charge in [-0.1, -0.05) is 18.2 Å². The van der Waals surface area contributed by atoms with Gasteiger partial charge in [0, 0.05) is 19.0 Å². The van der Waals surface area contributed by atoms with E-state index in [0.29, 0.717) is 0 Å². The van der Waals surface area contributed by atoms with Crippen LogP contribution >= 0.6 is 0 Å². The molecule has 1 heterocycles. The van der Waals surface area contributed by atoms with Crippen molar-refractivity contribution >= 4 is 0 Å². The van der Waals surface area contributed by atoms with Crippen molar-refractivity contribution in [2.24, 2.45) is 0 Å². The minimum Gasteiger partial charge on any atom is -0.314 e. The van der Waals surface area contributed by atoms with Gasteiger partial charge in [0.2, 0.25) is 0 Å². The molecule has 1 aromatic carbocycles. The van der Waals surface area contributed by atoms with Crippen molar-refractivity contribution in [2.45, 2.75) is 32.2 Å². The van der Waals surface area contributed by atoms with E-state index in [1.54, 1.807) is 0 Å². The Hall–Kier alpha value is -1.68. The molecular formula is C14H18N4. The summed E-state index contributed by atoms with van der Waals surface area (Å²) in [4.78, 5) is 4.52. The number of nitrogens with zero attached hydrogens (tertiary/aromatic N) is 3. The number of aryl methyl sites for hydroxylation is 1. The van der Waals surface area contributed by atoms with Crippen molar-refractivity contribution in [1.29, 1.82) is 0 Å². The van der Waals surface area contributed by atoms with Gasteiger partial charge >= 0.3 is 0 Å². The Bertz CT molecular complexity index is 514. The molecule has 1 saturated carbocycles. The molecule has 0 aliphatic heterocycles. The Morgan fingerprint density at radius 3 is 2.78 bits per heavy atom. The van der Waals surface area contributed by atoms with Crippen LogP contribution in [0.25, 0.3) is 5.69 Å². The first-order valence-electron chi connectivity index (χ1n) is 6.54. The normalized spacial score (nSPS) is 14.9. The van der Waals surface area contributed by atoms with Gasteiger partial charge in [0.15, 0.2) is 5.82 Å². The summed E-state index contributed by atoms with van der Waals surface area (Å²) < 4.78 is 1.91. The second kappa shape index (κ2) is 4.90. The molecule has 2 aromatic rings. The number of hydrogen-bond donors (Lipinski definition) is 1. The lowest BCUT2D eigenvalue weighted by Crippen LogP contribution is -2.19. The van der Waals surface area contributed by atoms with Crippen LogP contribution in [0.4, 0.5) is 0 Å². The molecule has 1 aliphatic rings. The van der Waals surface area contributed by atoms with Gasteiger partial charge in [-0.2, -0.15) is 5.10 Å². The molecule has 0 saturated heterocycles. The molecule has 0 amide bonds. The number of nitrogens with one attached hydrogen (secondary N) is 1.